The molecule has 1 N–H and O–H groups in total. The van der Waals surface area contributed by atoms with Crippen molar-refractivity contribution in [3.8, 4) is 0 Å². The van der Waals surface area contributed by atoms with Crippen LogP contribution >= 0.6 is 0 Å². The van der Waals surface area contributed by atoms with Crippen LogP contribution in [0.1, 0.15) is 31.2 Å². The zero-order valence-electron chi connectivity index (χ0n) is 12.4. The standard InChI is InChI=1S/C16H23F3N2/c1-2-8-21-10-14(13-6-4-3-5-7-13)9-15(11-21)20-12-16(17,18)19/h3-7,14-15,20H,2,8-12H2,1H3. The van der Waals surface area contributed by atoms with Gasteiger partial charge >= 0.3 is 6.18 Å². The zero-order valence-corrected chi connectivity index (χ0v) is 12.4. The molecule has 0 amide bonds. The van der Waals surface area contributed by atoms with E-state index in [0.717, 1.165) is 25.9 Å². The first-order chi connectivity index (χ1) is 9.98. The van der Waals surface area contributed by atoms with E-state index in [2.05, 4.69) is 29.3 Å². The van der Waals surface area contributed by atoms with Crippen molar-refractivity contribution < 1.29 is 13.2 Å². The predicted octanol–water partition coefficient (Wildman–Crippen LogP) is 3.41. The zero-order chi connectivity index (χ0) is 15.3. The normalized spacial score (nSPS) is 24.2. The first-order valence-electron chi connectivity index (χ1n) is 7.55. The molecular weight excluding hydrogens is 277 g/mol. The lowest BCUT2D eigenvalue weighted by atomic mass is 9.88. The number of rotatable bonds is 5. The molecule has 0 aromatic heterocycles. The van der Waals surface area contributed by atoms with Crippen LogP contribution in [0, 0.1) is 0 Å². The highest BCUT2D eigenvalue weighted by atomic mass is 19.4. The third kappa shape index (κ3) is 5.32. The lowest BCUT2D eigenvalue weighted by Gasteiger charge is -2.38. The Bertz CT molecular complexity index is 419. The van der Waals surface area contributed by atoms with E-state index in [4.69, 9.17) is 0 Å². The summed E-state index contributed by atoms with van der Waals surface area (Å²) in [5.74, 6) is 0.303. The maximum Gasteiger partial charge on any atom is 0.401 e. The van der Waals surface area contributed by atoms with Crippen LogP contribution in [0.2, 0.25) is 0 Å². The molecular formula is C16H23F3N2. The van der Waals surface area contributed by atoms with E-state index in [0.29, 0.717) is 12.5 Å². The molecule has 1 aromatic carbocycles. The van der Waals surface area contributed by atoms with Gasteiger partial charge in [0.1, 0.15) is 0 Å². The highest BCUT2D eigenvalue weighted by molar-refractivity contribution is 5.21. The largest absolute Gasteiger partial charge is 0.401 e. The Morgan fingerprint density at radius 3 is 2.52 bits per heavy atom. The average Bonchev–Trinajstić information content (AvgIpc) is 2.46. The van der Waals surface area contributed by atoms with Crippen molar-refractivity contribution in [2.75, 3.05) is 26.2 Å². The number of benzene rings is 1. The molecule has 0 saturated carbocycles. The number of piperidine rings is 1. The molecule has 0 bridgehead atoms. The topological polar surface area (TPSA) is 15.3 Å². The monoisotopic (exact) mass is 300 g/mol. The van der Waals surface area contributed by atoms with Crippen molar-refractivity contribution in [3.05, 3.63) is 35.9 Å². The molecule has 2 nitrogen and oxygen atoms in total. The Morgan fingerprint density at radius 1 is 1.19 bits per heavy atom. The minimum atomic E-state index is -4.14. The molecule has 0 aliphatic carbocycles. The molecule has 2 rings (SSSR count). The second kappa shape index (κ2) is 7.27. The second-order valence-corrected chi connectivity index (χ2v) is 5.80. The van der Waals surface area contributed by atoms with Crippen LogP contribution in [-0.2, 0) is 0 Å². The van der Waals surface area contributed by atoms with Crippen molar-refractivity contribution in [1.82, 2.24) is 10.2 Å². The molecule has 2 atom stereocenters. The van der Waals surface area contributed by atoms with Gasteiger partial charge in [0.25, 0.3) is 0 Å². The fourth-order valence-corrected chi connectivity index (χ4v) is 3.06. The third-order valence-electron chi connectivity index (χ3n) is 3.93. The molecule has 118 valence electrons. The Balaban J connectivity index is 2.01. The van der Waals surface area contributed by atoms with E-state index in [1.165, 1.54) is 5.56 Å². The molecule has 1 aliphatic rings. The van der Waals surface area contributed by atoms with E-state index in [1.807, 2.05) is 18.2 Å². The lowest BCUT2D eigenvalue weighted by Crippen LogP contribution is -2.50. The molecule has 1 saturated heterocycles. The SMILES string of the molecule is CCCN1CC(NCC(F)(F)F)CC(c2ccccc2)C1. The number of halogens is 3. The lowest BCUT2D eigenvalue weighted by molar-refractivity contribution is -0.127. The van der Waals surface area contributed by atoms with E-state index >= 15 is 0 Å². The van der Waals surface area contributed by atoms with Crippen molar-refractivity contribution in [2.24, 2.45) is 0 Å². The van der Waals surface area contributed by atoms with Gasteiger partial charge in [0.05, 0.1) is 6.54 Å². The van der Waals surface area contributed by atoms with E-state index in [9.17, 15) is 13.2 Å². The summed E-state index contributed by atoms with van der Waals surface area (Å²) >= 11 is 0. The van der Waals surface area contributed by atoms with E-state index in [-0.39, 0.29) is 6.04 Å². The van der Waals surface area contributed by atoms with Crippen molar-refractivity contribution in [1.29, 1.82) is 0 Å². The number of nitrogens with one attached hydrogen (secondary N) is 1. The fraction of sp³-hybridized carbons (Fsp3) is 0.625. The van der Waals surface area contributed by atoms with Crippen molar-refractivity contribution in [3.63, 3.8) is 0 Å². The van der Waals surface area contributed by atoms with Gasteiger partial charge in [0.2, 0.25) is 0 Å². The van der Waals surface area contributed by atoms with E-state index < -0.39 is 12.7 Å². The van der Waals surface area contributed by atoms with Crippen LogP contribution < -0.4 is 5.32 Å². The van der Waals surface area contributed by atoms with Crippen LogP contribution in [0.15, 0.2) is 30.3 Å². The fourth-order valence-electron chi connectivity index (χ4n) is 3.06. The molecule has 0 spiro atoms. The van der Waals surface area contributed by atoms with Gasteiger partial charge in [-0.25, -0.2) is 0 Å². The number of hydrogen-bond donors (Lipinski definition) is 1. The summed E-state index contributed by atoms with van der Waals surface area (Å²) in [6.45, 7) is 3.77. The first kappa shape index (κ1) is 16.3. The Morgan fingerprint density at radius 2 is 1.90 bits per heavy atom. The maximum atomic E-state index is 12.4. The van der Waals surface area contributed by atoms with Crippen LogP contribution in [-0.4, -0.2) is 43.3 Å². The van der Waals surface area contributed by atoms with Crippen LogP contribution in [0.25, 0.3) is 0 Å². The average molecular weight is 300 g/mol. The number of hydrogen-bond acceptors (Lipinski definition) is 2. The number of alkyl halides is 3. The van der Waals surface area contributed by atoms with Gasteiger partial charge in [0, 0.05) is 19.1 Å². The Kier molecular flexibility index (Phi) is 5.65. The minimum absolute atomic E-state index is 0.0999. The van der Waals surface area contributed by atoms with Crippen LogP contribution in [0.5, 0.6) is 0 Å². The highest BCUT2D eigenvalue weighted by Gasteiger charge is 2.32. The van der Waals surface area contributed by atoms with Crippen molar-refractivity contribution in [2.45, 2.75) is 37.9 Å². The highest BCUT2D eigenvalue weighted by Crippen LogP contribution is 2.27. The third-order valence-corrected chi connectivity index (χ3v) is 3.93. The van der Waals surface area contributed by atoms with E-state index in [1.54, 1.807) is 0 Å². The first-order valence-corrected chi connectivity index (χ1v) is 7.55. The summed E-state index contributed by atoms with van der Waals surface area (Å²) in [7, 11) is 0. The van der Waals surface area contributed by atoms with Crippen LogP contribution in [0.3, 0.4) is 0 Å². The molecule has 0 radical (unpaired) electrons. The van der Waals surface area contributed by atoms with Crippen LogP contribution in [0.4, 0.5) is 13.2 Å². The molecule has 1 aromatic rings. The smallest absolute Gasteiger partial charge is 0.305 e. The second-order valence-electron chi connectivity index (χ2n) is 5.80. The summed E-state index contributed by atoms with van der Waals surface area (Å²) in [6, 6.07) is 9.99. The van der Waals surface area contributed by atoms with Crippen molar-refractivity contribution >= 4 is 0 Å². The van der Waals surface area contributed by atoms with Gasteiger partial charge < -0.3 is 10.2 Å². The molecule has 21 heavy (non-hydrogen) atoms. The molecule has 5 heteroatoms. The maximum absolute atomic E-state index is 12.4. The molecule has 1 fully saturated rings. The Hall–Kier alpha value is -1.07. The quantitative estimate of drug-likeness (QED) is 0.896. The molecule has 1 heterocycles. The summed E-state index contributed by atoms with van der Waals surface area (Å²) in [5, 5.41) is 2.68. The van der Waals surface area contributed by atoms with Gasteiger partial charge in [-0.15, -0.1) is 0 Å². The van der Waals surface area contributed by atoms with Gasteiger partial charge in [-0.05, 0) is 30.9 Å². The summed E-state index contributed by atoms with van der Waals surface area (Å²) in [4.78, 5) is 2.27. The Labute approximate surface area is 124 Å². The summed E-state index contributed by atoms with van der Waals surface area (Å²) in [6.07, 6.45) is -2.36. The number of likely N-dealkylation sites (tertiary alicyclic amines) is 1. The van der Waals surface area contributed by atoms with Gasteiger partial charge in [-0.2, -0.15) is 13.2 Å². The van der Waals surface area contributed by atoms with Gasteiger partial charge in [-0.3, -0.25) is 0 Å². The number of nitrogens with zero attached hydrogens (tertiary/aromatic N) is 1. The summed E-state index contributed by atoms with van der Waals surface area (Å²) < 4.78 is 37.2. The van der Waals surface area contributed by atoms with Gasteiger partial charge in [-0.1, -0.05) is 37.3 Å². The predicted molar refractivity (Wildman–Crippen MR) is 78.4 cm³/mol. The molecule has 2 unspecified atom stereocenters. The molecule has 1 aliphatic heterocycles. The minimum Gasteiger partial charge on any atom is -0.305 e. The van der Waals surface area contributed by atoms with Gasteiger partial charge in [0.15, 0.2) is 0 Å². The summed E-state index contributed by atoms with van der Waals surface area (Å²) in [5.41, 5.74) is 1.22.